The Morgan fingerprint density at radius 1 is 0.667 bits per heavy atom. The molecule has 0 aliphatic heterocycles. The molecule has 0 aliphatic rings. The lowest BCUT2D eigenvalue weighted by atomic mass is 10.1. The van der Waals surface area contributed by atoms with Crippen LogP contribution in [0, 0.1) is 0 Å². The highest BCUT2D eigenvalue weighted by atomic mass is 35.5. The van der Waals surface area contributed by atoms with Gasteiger partial charge < -0.3 is 0 Å². The third kappa shape index (κ3) is 20.4. The molecule has 0 N–H and O–H groups in total. The molecule has 0 aromatic carbocycles. The Morgan fingerprint density at radius 2 is 1.12 bits per heavy atom. The second-order valence-corrected chi connectivity index (χ2v) is 5.91. The van der Waals surface area contributed by atoms with E-state index in [9.17, 15) is 4.79 Å². The van der Waals surface area contributed by atoms with Gasteiger partial charge in [-0.25, -0.2) is 0 Å². The minimum Gasteiger partial charge on any atom is -0.276 e. The smallest absolute Gasteiger partial charge is 0.245 e. The van der Waals surface area contributed by atoms with E-state index in [0.29, 0.717) is 0 Å². The minimum atomic E-state index is -0.464. The Labute approximate surface area is 153 Å². The zero-order chi connectivity index (χ0) is 17.7. The van der Waals surface area contributed by atoms with Gasteiger partial charge in [0.1, 0.15) is 0 Å². The average Bonchev–Trinajstić information content (AvgIpc) is 2.56. The predicted octanol–water partition coefficient (Wildman–Crippen LogP) is 7.23. The van der Waals surface area contributed by atoms with E-state index in [4.69, 9.17) is 11.6 Å². The van der Waals surface area contributed by atoms with E-state index in [2.05, 4.69) is 25.2 Å². The van der Waals surface area contributed by atoms with Crippen LogP contribution in [0.1, 0.15) is 58.3 Å². The summed E-state index contributed by atoms with van der Waals surface area (Å²) in [5, 5.41) is -0.464. The molecule has 0 bridgehead atoms. The molecule has 0 atom stereocenters. The molecule has 0 aliphatic carbocycles. The van der Waals surface area contributed by atoms with Crippen molar-refractivity contribution >= 4 is 16.8 Å². The maximum Gasteiger partial charge on any atom is 0.245 e. The standard InChI is InChI=1S/C22H31ClO/c1-2-3-4-5-6-7-8-9-10-11-12-13-14-15-16-17-18-19-20-21-22(23)24/h10-21H,2-9H2,1H3/b11-10?,13-12?,15-14?,17-16?,19-18?,21-20-. The zero-order valence-electron chi connectivity index (χ0n) is 14.9. The molecule has 0 saturated carbocycles. The number of unbranched alkanes of at least 4 members (excludes halogenated alkanes) is 7. The molecule has 0 radical (unpaired) electrons. The molecule has 0 unspecified atom stereocenters. The molecular weight excluding hydrogens is 316 g/mol. The van der Waals surface area contributed by atoms with Gasteiger partial charge in [-0.1, -0.05) is 112 Å². The van der Waals surface area contributed by atoms with Crippen molar-refractivity contribution in [3.8, 4) is 0 Å². The largest absolute Gasteiger partial charge is 0.276 e. The summed E-state index contributed by atoms with van der Waals surface area (Å²) < 4.78 is 0. The summed E-state index contributed by atoms with van der Waals surface area (Å²) in [6.45, 7) is 2.26. The van der Waals surface area contributed by atoms with Crippen molar-refractivity contribution in [3.05, 3.63) is 72.9 Å². The normalized spacial score (nSPS) is 13.1. The van der Waals surface area contributed by atoms with Crippen LogP contribution in [0.3, 0.4) is 0 Å². The van der Waals surface area contributed by atoms with Crippen LogP contribution in [-0.4, -0.2) is 5.24 Å². The van der Waals surface area contributed by atoms with Crippen molar-refractivity contribution in [3.63, 3.8) is 0 Å². The van der Waals surface area contributed by atoms with Crippen LogP contribution >= 0.6 is 11.6 Å². The van der Waals surface area contributed by atoms with E-state index in [1.54, 1.807) is 12.2 Å². The first kappa shape index (κ1) is 22.4. The molecule has 0 fully saturated rings. The van der Waals surface area contributed by atoms with E-state index in [1.165, 1.54) is 57.4 Å². The Bertz CT molecular complexity index is 464. The van der Waals surface area contributed by atoms with E-state index in [0.717, 1.165) is 0 Å². The molecule has 2 heteroatoms. The second-order valence-electron chi connectivity index (χ2n) is 5.54. The van der Waals surface area contributed by atoms with Gasteiger partial charge in [-0.2, -0.15) is 0 Å². The molecule has 0 amide bonds. The summed E-state index contributed by atoms with van der Waals surface area (Å²) in [6, 6.07) is 0. The van der Waals surface area contributed by atoms with Crippen LogP contribution in [0.2, 0.25) is 0 Å². The molecule has 0 spiro atoms. The van der Waals surface area contributed by atoms with Gasteiger partial charge in [0, 0.05) is 0 Å². The number of carbonyl (C=O) groups excluding carboxylic acids is 1. The lowest BCUT2D eigenvalue weighted by Crippen LogP contribution is -1.78. The lowest BCUT2D eigenvalue weighted by Gasteiger charge is -1.98. The number of hydrogen-bond acceptors (Lipinski definition) is 1. The monoisotopic (exact) mass is 346 g/mol. The Kier molecular flexibility index (Phi) is 18.2. The van der Waals surface area contributed by atoms with Gasteiger partial charge in [0.2, 0.25) is 5.24 Å². The molecule has 24 heavy (non-hydrogen) atoms. The van der Waals surface area contributed by atoms with Crippen LogP contribution in [0.15, 0.2) is 72.9 Å². The summed E-state index contributed by atoms with van der Waals surface area (Å²) in [5.74, 6) is 0. The molecule has 132 valence electrons. The Hall–Kier alpha value is -1.60. The van der Waals surface area contributed by atoms with Gasteiger partial charge >= 0.3 is 0 Å². The van der Waals surface area contributed by atoms with Gasteiger partial charge in [-0.15, -0.1) is 0 Å². The van der Waals surface area contributed by atoms with E-state index >= 15 is 0 Å². The van der Waals surface area contributed by atoms with E-state index in [1.807, 2.05) is 36.5 Å². The van der Waals surface area contributed by atoms with Crippen molar-refractivity contribution < 1.29 is 4.79 Å². The van der Waals surface area contributed by atoms with Crippen LogP contribution in [0.25, 0.3) is 0 Å². The lowest BCUT2D eigenvalue weighted by molar-refractivity contribution is -0.107. The summed E-state index contributed by atoms with van der Waals surface area (Å²) in [4.78, 5) is 10.4. The van der Waals surface area contributed by atoms with E-state index < -0.39 is 5.24 Å². The van der Waals surface area contributed by atoms with Crippen LogP contribution in [0.5, 0.6) is 0 Å². The minimum absolute atomic E-state index is 0.464. The van der Waals surface area contributed by atoms with E-state index in [-0.39, 0.29) is 0 Å². The van der Waals surface area contributed by atoms with Crippen LogP contribution in [0.4, 0.5) is 0 Å². The third-order valence-electron chi connectivity index (χ3n) is 3.34. The zero-order valence-corrected chi connectivity index (χ0v) is 15.6. The maximum atomic E-state index is 10.4. The van der Waals surface area contributed by atoms with Crippen LogP contribution in [-0.2, 0) is 4.79 Å². The predicted molar refractivity (Wildman–Crippen MR) is 108 cm³/mol. The first-order valence-electron chi connectivity index (χ1n) is 8.96. The molecule has 0 rings (SSSR count). The fourth-order valence-corrected chi connectivity index (χ4v) is 2.11. The number of carbonyl (C=O) groups is 1. The number of hydrogen-bond donors (Lipinski definition) is 0. The topological polar surface area (TPSA) is 17.1 Å². The van der Waals surface area contributed by atoms with Crippen molar-refractivity contribution in [2.24, 2.45) is 0 Å². The highest BCUT2D eigenvalue weighted by Gasteiger charge is 1.88. The Morgan fingerprint density at radius 3 is 1.67 bits per heavy atom. The SMILES string of the molecule is CCCCCCCCCC=CC=CC=CC=CC=C/C=C\C(=O)Cl. The van der Waals surface area contributed by atoms with Gasteiger partial charge in [-0.3, -0.25) is 4.79 Å². The van der Waals surface area contributed by atoms with Gasteiger partial charge in [0.25, 0.3) is 0 Å². The van der Waals surface area contributed by atoms with Crippen molar-refractivity contribution in [1.82, 2.24) is 0 Å². The molecular formula is C22H31ClO. The van der Waals surface area contributed by atoms with Crippen molar-refractivity contribution in [1.29, 1.82) is 0 Å². The number of allylic oxidation sites excluding steroid dienone is 12. The molecule has 0 aromatic rings. The fourth-order valence-electron chi connectivity index (χ4n) is 2.04. The van der Waals surface area contributed by atoms with Crippen LogP contribution < -0.4 is 0 Å². The Balaban J connectivity index is 3.57. The third-order valence-corrected chi connectivity index (χ3v) is 3.46. The van der Waals surface area contributed by atoms with Crippen molar-refractivity contribution in [2.75, 3.05) is 0 Å². The van der Waals surface area contributed by atoms with Crippen molar-refractivity contribution in [2.45, 2.75) is 58.3 Å². The summed E-state index contributed by atoms with van der Waals surface area (Å²) in [6.07, 6.45) is 33.4. The molecule has 0 heterocycles. The first-order chi connectivity index (χ1) is 11.8. The average molecular weight is 347 g/mol. The molecule has 0 aromatic heterocycles. The molecule has 1 nitrogen and oxygen atoms in total. The molecule has 0 saturated heterocycles. The first-order valence-corrected chi connectivity index (χ1v) is 9.34. The fraction of sp³-hybridized carbons (Fsp3) is 0.409. The summed E-state index contributed by atoms with van der Waals surface area (Å²) >= 11 is 5.16. The summed E-state index contributed by atoms with van der Waals surface area (Å²) in [5.41, 5.74) is 0. The van der Waals surface area contributed by atoms with Gasteiger partial charge in [0.05, 0.1) is 0 Å². The number of halogens is 1. The number of rotatable bonds is 14. The van der Waals surface area contributed by atoms with Gasteiger partial charge in [0.15, 0.2) is 0 Å². The highest BCUT2D eigenvalue weighted by molar-refractivity contribution is 6.66. The summed E-state index contributed by atoms with van der Waals surface area (Å²) in [7, 11) is 0. The second kappa shape index (κ2) is 19.4. The highest BCUT2D eigenvalue weighted by Crippen LogP contribution is 2.08. The maximum absolute atomic E-state index is 10.4. The van der Waals surface area contributed by atoms with Gasteiger partial charge in [-0.05, 0) is 30.5 Å². The quantitative estimate of drug-likeness (QED) is 0.140.